The Hall–Kier alpha value is -2.75. The number of aromatic nitrogens is 1. The molecule has 0 saturated carbocycles. The highest BCUT2D eigenvalue weighted by molar-refractivity contribution is 5.92. The Morgan fingerprint density at radius 1 is 1.05 bits per heavy atom. The first-order chi connectivity index (χ1) is 10.7. The van der Waals surface area contributed by atoms with E-state index in [2.05, 4.69) is 0 Å². The quantitative estimate of drug-likeness (QED) is 0.723. The van der Waals surface area contributed by atoms with Gasteiger partial charge in [-0.25, -0.2) is 0 Å². The molecule has 0 aliphatic heterocycles. The predicted octanol–water partition coefficient (Wildman–Crippen LogP) is 3.46. The third-order valence-electron chi connectivity index (χ3n) is 3.59. The third kappa shape index (κ3) is 3.11. The molecule has 1 amide bonds. The molecule has 0 fully saturated rings. The molecule has 1 aromatic carbocycles. The first kappa shape index (κ1) is 14.2. The molecule has 0 spiro atoms. The minimum absolute atomic E-state index is 0.00671. The summed E-state index contributed by atoms with van der Waals surface area (Å²) in [5, 5.41) is 0. The van der Waals surface area contributed by atoms with Crippen molar-refractivity contribution in [1.82, 2.24) is 9.47 Å². The van der Waals surface area contributed by atoms with E-state index in [1.54, 1.807) is 11.2 Å². The number of aryl methyl sites for hydroxylation is 1. The standard InChI is InChI=1S/C18H18N2O2/c1-19-11-5-10-17(19)18(21)20(14-16-9-6-12-22-16)13-15-7-3-2-4-8-15/h2-12H,13-14H2,1H3. The zero-order valence-electron chi connectivity index (χ0n) is 12.5. The van der Waals surface area contributed by atoms with E-state index >= 15 is 0 Å². The lowest BCUT2D eigenvalue weighted by molar-refractivity contribution is 0.0708. The van der Waals surface area contributed by atoms with Crippen LogP contribution in [0.5, 0.6) is 0 Å². The van der Waals surface area contributed by atoms with Gasteiger partial charge >= 0.3 is 0 Å². The van der Waals surface area contributed by atoms with Crippen LogP contribution in [-0.4, -0.2) is 15.4 Å². The molecule has 2 aromatic heterocycles. The van der Waals surface area contributed by atoms with Crippen LogP contribution < -0.4 is 0 Å². The van der Waals surface area contributed by atoms with Crippen molar-refractivity contribution >= 4 is 5.91 Å². The minimum atomic E-state index is -0.00671. The average Bonchev–Trinajstić information content (AvgIpc) is 3.18. The molecule has 0 radical (unpaired) electrons. The molecule has 0 N–H and O–H groups in total. The normalized spacial score (nSPS) is 10.6. The van der Waals surface area contributed by atoms with Crippen LogP contribution in [0.3, 0.4) is 0 Å². The lowest BCUT2D eigenvalue weighted by Gasteiger charge is -2.22. The largest absolute Gasteiger partial charge is 0.467 e. The van der Waals surface area contributed by atoms with Gasteiger partial charge in [-0.2, -0.15) is 0 Å². The Morgan fingerprint density at radius 3 is 2.50 bits per heavy atom. The van der Waals surface area contributed by atoms with Crippen molar-refractivity contribution in [2.75, 3.05) is 0 Å². The third-order valence-corrected chi connectivity index (χ3v) is 3.59. The van der Waals surface area contributed by atoms with Crippen LogP contribution in [0, 0.1) is 0 Å². The molecule has 112 valence electrons. The van der Waals surface area contributed by atoms with E-state index in [0.29, 0.717) is 18.8 Å². The first-order valence-corrected chi connectivity index (χ1v) is 7.21. The van der Waals surface area contributed by atoms with Gasteiger partial charge in [-0.15, -0.1) is 0 Å². The van der Waals surface area contributed by atoms with E-state index in [1.807, 2.05) is 72.4 Å². The highest BCUT2D eigenvalue weighted by atomic mass is 16.3. The number of carbonyl (C=O) groups excluding carboxylic acids is 1. The van der Waals surface area contributed by atoms with Gasteiger partial charge in [-0.05, 0) is 29.8 Å². The molecule has 22 heavy (non-hydrogen) atoms. The summed E-state index contributed by atoms with van der Waals surface area (Å²) in [5.41, 5.74) is 1.76. The van der Waals surface area contributed by atoms with Crippen molar-refractivity contribution in [2.45, 2.75) is 13.1 Å². The van der Waals surface area contributed by atoms with E-state index in [1.165, 1.54) is 0 Å². The van der Waals surface area contributed by atoms with Crippen LogP contribution in [0.15, 0.2) is 71.5 Å². The zero-order valence-corrected chi connectivity index (χ0v) is 12.5. The van der Waals surface area contributed by atoms with Gasteiger partial charge < -0.3 is 13.9 Å². The molecule has 0 aliphatic rings. The molecule has 0 unspecified atom stereocenters. The van der Waals surface area contributed by atoms with Gasteiger partial charge in [0.25, 0.3) is 5.91 Å². The zero-order chi connectivity index (χ0) is 15.4. The number of benzene rings is 1. The molecule has 2 heterocycles. The number of nitrogens with zero attached hydrogens (tertiary/aromatic N) is 2. The molecule has 0 aliphatic carbocycles. The highest BCUT2D eigenvalue weighted by Crippen LogP contribution is 2.14. The number of carbonyl (C=O) groups is 1. The second-order valence-electron chi connectivity index (χ2n) is 5.23. The first-order valence-electron chi connectivity index (χ1n) is 7.21. The number of hydrogen-bond donors (Lipinski definition) is 0. The van der Waals surface area contributed by atoms with E-state index in [4.69, 9.17) is 4.42 Å². The van der Waals surface area contributed by atoms with Crippen LogP contribution in [0.4, 0.5) is 0 Å². The Kier molecular flexibility index (Phi) is 4.10. The molecule has 0 bridgehead atoms. The maximum Gasteiger partial charge on any atom is 0.271 e. The van der Waals surface area contributed by atoms with E-state index < -0.39 is 0 Å². The monoisotopic (exact) mass is 294 g/mol. The molecule has 0 saturated heterocycles. The summed E-state index contributed by atoms with van der Waals surface area (Å²) in [6.45, 7) is 0.997. The van der Waals surface area contributed by atoms with Crippen molar-refractivity contribution in [2.24, 2.45) is 7.05 Å². The highest BCUT2D eigenvalue weighted by Gasteiger charge is 2.19. The topological polar surface area (TPSA) is 38.4 Å². The second kappa shape index (κ2) is 6.35. The van der Waals surface area contributed by atoms with Crippen LogP contribution >= 0.6 is 0 Å². The fourth-order valence-corrected chi connectivity index (χ4v) is 2.44. The van der Waals surface area contributed by atoms with E-state index in [9.17, 15) is 4.79 Å². The van der Waals surface area contributed by atoms with Crippen molar-refractivity contribution in [3.8, 4) is 0 Å². The fourth-order valence-electron chi connectivity index (χ4n) is 2.44. The Morgan fingerprint density at radius 2 is 1.86 bits per heavy atom. The minimum Gasteiger partial charge on any atom is -0.467 e. The SMILES string of the molecule is Cn1cccc1C(=O)N(Cc1ccccc1)Cc1ccco1. The van der Waals surface area contributed by atoms with Crippen LogP contribution in [0.1, 0.15) is 21.8 Å². The summed E-state index contributed by atoms with van der Waals surface area (Å²) in [6, 6.07) is 17.4. The van der Waals surface area contributed by atoms with Gasteiger partial charge in [0.15, 0.2) is 0 Å². The van der Waals surface area contributed by atoms with E-state index in [0.717, 1.165) is 11.3 Å². The average molecular weight is 294 g/mol. The Balaban J connectivity index is 1.85. The Labute approximate surface area is 129 Å². The number of amides is 1. The summed E-state index contributed by atoms with van der Waals surface area (Å²) in [6.07, 6.45) is 3.50. The molecule has 3 rings (SSSR count). The maximum absolute atomic E-state index is 12.8. The number of rotatable bonds is 5. The summed E-state index contributed by atoms with van der Waals surface area (Å²) in [4.78, 5) is 14.6. The molecular weight excluding hydrogens is 276 g/mol. The van der Waals surface area contributed by atoms with Crippen LogP contribution in [0.25, 0.3) is 0 Å². The van der Waals surface area contributed by atoms with Crippen molar-refractivity contribution in [3.63, 3.8) is 0 Å². The lowest BCUT2D eigenvalue weighted by atomic mass is 10.2. The second-order valence-corrected chi connectivity index (χ2v) is 5.23. The van der Waals surface area contributed by atoms with Gasteiger partial charge in [-0.1, -0.05) is 30.3 Å². The summed E-state index contributed by atoms with van der Waals surface area (Å²) < 4.78 is 7.23. The number of hydrogen-bond acceptors (Lipinski definition) is 2. The van der Waals surface area contributed by atoms with Crippen LogP contribution in [-0.2, 0) is 20.1 Å². The number of furan rings is 1. The maximum atomic E-state index is 12.8. The summed E-state index contributed by atoms with van der Waals surface area (Å²) >= 11 is 0. The van der Waals surface area contributed by atoms with Gasteiger partial charge in [-0.3, -0.25) is 4.79 Å². The van der Waals surface area contributed by atoms with Crippen molar-refractivity contribution in [3.05, 3.63) is 84.1 Å². The molecule has 3 aromatic rings. The molecule has 4 nitrogen and oxygen atoms in total. The van der Waals surface area contributed by atoms with Gasteiger partial charge in [0.2, 0.25) is 0 Å². The van der Waals surface area contributed by atoms with Crippen molar-refractivity contribution < 1.29 is 9.21 Å². The summed E-state index contributed by atoms with van der Waals surface area (Å²) in [5.74, 6) is 0.770. The fraction of sp³-hybridized carbons (Fsp3) is 0.167. The summed E-state index contributed by atoms with van der Waals surface area (Å²) in [7, 11) is 1.88. The molecular formula is C18H18N2O2. The predicted molar refractivity (Wildman–Crippen MR) is 84.1 cm³/mol. The van der Waals surface area contributed by atoms with Gasteiger partial charge in [0.05, 0.1) is 12.8 Å². The van der Waals surface area contributed by atoms with Gasteiger partial charge in [0, 0.05) is 19.8 Å². The van der Waals surface area contributed by atoms with Crippen molar-refractivity contribution in [1.29, 1.82) is 0 Å². The van der Waals surface area contributed by atoms with Gasteiger partial charge in [0.1, 0.15) is 11.5 Å². The smallest absolute Gasteiger partial charge is 0.271 e. The molecule has 0 atom stereocenters. The Bertz CT molecular complexity index is 730. The lowest BCUT2D eigenvalue weighted by Crippen LogP contribution is -2.31. The molecule has 4 heteroatoms. The van der Waals surface area contributed by atoms with E-state index in [-0.39, 0.29) is 5.91 Å². The van der Waals surface area contributed by atoms with Crippen LogP contribution in [0.2, 0.25) is 0 Å².